The van der Waals surface area contributed by atoms with Crippen molar-refractivity contribution < 1.29 is 9.53 Å². The smallest absolute Gasteiger partial charge is 0.231 e. The molecule has 2 N–H and O–H groups in total. The Hall–Kier alpha value is -2.04. The molecule has 1 atom stereocenters. The molecule has 1 amide bonds. The maximum Gasteiger partial charge on any atom is 0.231 e. The number of carbonyl (C=O) groups is 1. The summed E-state index contributed by atoms with van der Waals surface area (Å²) >= 11 is 0. The second kappa shape index (κ2) is 9.96. The van der Waals surface area contributed by atoms with Gasteiger partial charge < -0.3 is 15.4 Å². The maximum absolute atomic E-state index is 12.9. The van der Waals surface area contributed by atoms with E-state index in [0.29, 0.717) is 19.6 Å². The molecule has 2 rings (SSSR count). The standard InChI is InChI=1S/C19H24N2O2.ClH/c1-3-21(14-15-9-11-17(23-2)12-10-15)19(22)18(13-20)16-7-5-4-6-8-16;/h4-12,18H,3,13-14,20H2,1-2H3;1H. The van der Waals surface area contributed by atoms with E-state index in [9.17, 15) is 4.79 Å². The van der Waals surface area contributed by atoms with Gasteiger partial charge in [0.15, 0.2) is 0 Å². The van der Waals surface area contributed by atoms with Gasteiger partial charge in [-0.1, -0.05) is 42.5 Å². The lowest BCUT2D eigenvalue weighted by Crippen LogP contribution is -2.37. The van der Waals surface area contributed by atoms with Crippen molar-refractivity contribution in [3.8, 4) is 5.75 Å². The summed E-state index contributed by atoms with van der Waals surface area (Å²) in [5, 5.41) is 0. The summed E-state index contributed by atoms with van der Waals surface area (Å²) in [5.41, 5.74) is 7.91. The molecule has 0 bridgehead atoms. The molecule has 0 heterocycles. The van der Waals surface area contributed by atoms with Crippen LogP contribution in [0.1, 0.15) is 24.0 Å². The van der Waals surface area contributed by atoms with Crippen LogP contribution in [0.5, 0.6) is 5.75 Å². The van der Waals surface area contributed by atoms with Crippen molar-refractivity contribution in [3.63, 3.8) is 0 Å². The fourth-order valence-corrected chi connectivity index (χ4v) is 2.58. The number of halogens is 1. The van der Waals surface area contributed by atoms with E-state index in [-0.39, 0.29) is 24.2 Å². The number of rotatable bonds is 7. The Morgan fingerprint density at radius 3 is 2.25 bits per heavy atom. The minimum absolute atomic E-state index is 0. The van der Waals surface area contributed by atoms with Crippen LogP contribution in [0.2, 0.25) is 0 Å². The molecule has 0 spiro atoms. The first-order valence-corrected chi connectivity index (χ1v) is 7.86. The lowest BCUT2D eigenvalue weighted by atomic mass is 9.97. The Morgan fingerprint density at radius 1 is 1.12 bits per heavy atom. The molecule has 0 aliphatic carbocycles. The van der Waals surface area contributed by atoms with Crippen molar-refractivity contribution in [1.29, 1.82) is 0 Å². The van der Waals surface area contributed by atoms with Gasteiger partial charge in [-0.3, -0.25) is 4.79 Å². The van der Waals surface area contributed by atoms with Crippen LogP contribution in [-0.4, -0.2) is 31.0 Å². The van der Waals surface area contributed by atoms with E-state index in [1.807, 2.05) is 66.4 Å². The zero-order chi connectivity index (χ0) is 16.7. The van der Waals surface area contributed by atoms with Gasteiger partial charge in [-0.05, 0) is 30.2 Å². The zero-order valence-electron chi connectivity index (χ0n) is 14.1. The molecule has 1 unspecified atom stereocenters. The lowest BCUT2D eigenvalue weighted by molar-refractivity contribution is -0.133. The van der Waals surface area contributed by atoms with E-state index in [4.69, 9.17) is 10.5 Å². The third-order valence-electron chi connectivity index (χ3n) is 3.96. The van der Waals surface area contributed by atoms with Gasteiger partial charge in [0.05, 0.1) is 13.0 Å². The van der Waals surface area contributed by atoms with E-state index in [1.165, 1.54) is 0 Å². The van der Waals surface area contributed by atoms with Gasteiger partial charge in [-0.25, -0.2) is 0 Å². The van der Waals surface area contributed by atoms with Crippen molar-refractivity contribution in [2.75, 3.05) is 20.2 Å². The molecule has 0 saturated heterocycles. The first-order valence-electron chi connectivity index (χ1n) is 7.86. The summed E-state index contributed by atoms with van der Waals surface area (Å²) in [6.07, 6.45) is 0. The van der Waals surface area contributed by atoms with E-state index < -0.39 is 0 Å². The Balaban J connectivity index is 0.00000288. The molecule has 4 nitrogen and oxygen atoms in total. The number of hydrogen-bond acceptors (Lipinski definition) is 3. The summed E-state index contributed by atoms with van der Waals surface area (Å²) in [6, 6.07) is 17.5. The molecule has 5 heteroatoms. The predicted octanol–water partition coefficient (Wildman–Crippen LogP) is 3.21. The summed E-state index contributed by atoms with van der Waals surface area (Å²) in [5.74, 6) is 0.582. The molecule has 0 radical (unpaired) electrons. The molecule has 24 heavy (non-hydrogen) atoms. The minimum Gasteiger partial charge on any atom is -0.497 e. The molecule has 2 aromatic carbocycles. The normalized spacial score (nSPS) is 11.3. The van der Waals surface area contributed by atoms with E-state index in [2.05, 4.69) is 0 Å². The monoisotopic (exact) mass is 348 g/mol. The number of hydrogen-bond donors (Lipinski definition) is 1. The van der Waals surface area contributed by atoms with Crippen LogP contribution < -0.4 is 10.5 Å². The largest absolute Gasteiger partial charge is 0.497 e. The number of carbonyl (C=O) groups excluding carboxylic acids is 1. The quantitative estimate of drug-likeness (QED) is 0.835. The van der Waals surface area contributed by atoms with Gasteiger partial charge >= 0.3 is 0 Å². The molecule has 0 saturated carbocycles. The summed E-state index contributed by atoms with van der Waals surface area (Å²) < 4.78 is 5.16. The number of nitrogens with zero attached hydrogens (tertiary/aromatic N) is 1. The second-order valence-corrected chi connectivity index (χ2v) is 5.40. The Labute approximate surface area is 150 Å². The molecule has 2 aromatic rings. The van der Waals surface area contributed by atoms with Crippen molar-refractivity contribution >= 4 is 18.3 Å². The van der Waals surface area contributed by atoms with Gasteiger partial charge in [0, 0.05) is 19.6 Å². The predicted molar refractivity (Wildman–Crippen MR) is 99.6 cm³/mol. The zero-order valence-corrected chi connectivity index (χ0v) is 15.0. The third kappa shape index (κ3) is 4.98. The molecule has 130 valence electrons. The highest BCUT2D eigenvalue weighted by Crippen LogP contribution is 2.19. The van der Waals surface area contributed by atoms with E-state index in [1.54, 1.807) is 7.11 Å². The van der Waals surface area contributed by atoms with Crippen molar-refractivity contribution in [2.45, 2.75) is 19.4 Å². The topological polar surface area (TPSA) is 55.6 Å². The van der Waals surface area contributed by atoms with Crippen LogP contribution in [0.3, 0.4) is 0 Å². The van der Waals surface area contributed by atoms with Crippen molar-refractivity contribution in [3.05, 3.63) is 65.7 Å². The summed E-state index contributed by atoms with van der Waals surface area (Å²) in [6.45, 7) is 3.51. The second-order valence-electron chi connectivity index (χ2n) is 5.40. The van der Waals surface area contributed by atoms with Crippen LogP contribution >= 0.6 is 12.4 Å². The molecular formula is C19H25ClN2O2. The number of nitrogens with two attached hydrogens (primary N) is 1. The first kappa shape index (κ1) is 20.0. The van der Waals surface area contributed by atoms with Crippen LogP contribution in [0.15, 0.2) is 54.6 Å². The molecule has 0 fully saturated rings. The highest BCUT2D eigenvalue weighted by molar-refractivity contribution is 5.85. The average molecular weight is 349 g/mol. The highest BCUT2D eigenvalue weighted by atomic mass is 35.5. The van der Waals surface area contributed by atoms with Crippen LogP contribution in [-0.2, 0) is 11.3 Å². The fourth-order valence-electron chi connectivity index (χ4n) is 2.58. The Bertz CT molecular complexity index is 617. The van der Waals surface area contributed by atoms with E-state index >= 15 is 0 Å². The molecular weight excluding hydrogens is 324 g/mol. The van der Waals surface area contributed by atoms with Gasteiger partial charge in [0.25, 0.3) is 0 Å². The lowest BCUT2D eigenvalue weighted by Gasteiger charge is -2.26. The number of benzene rings is 2. The summed E-state index contributed by atoms with van der Waals surface area (Å²) in [4.78, 5) is 14.7. The Kier molecular flexibility index (Phi) is 8.30. The van der Waals surface area contributed by atoms with E-state index in [0.717, 1.165) is 16.9 Å². The first-order chi connectivity index (χ1) is 11.2. The fraction of sp³-hybridized carbons (Fsp3) is 0.316. The maximum atomic E-state index is 12.9. The molecule has 0 aromatic heterocycles. The van der Waals surface area contributed by atoms with Gasteiger partial charge in [-0.15, -0.1) is 12.4 Å². The number of methoxy groups -OCH3 is 1. The highest BCUT2D eigenvalue weighted by Gasteiger charge is 2.23. The van der Waals surface area contributed by atoms with Gasteiger partial charge in [0.2, 0.25) is 5.91 Å². The van der Waals surface area contributed by atoms with Gasteiger partial charge in [0.1, 0.15) is 5.75 Å². The van der Waals surface area contributed by atoms with Crippen LogP contribution in [0.4, 0.5) is 0 Å². The summed E-state index contributed by atoms with van der Waals surface area (Å²) in [7, 11) is 1.64. The number of ether oxygens (including phenoxy) is 1. The van der Waals surface area contributed by atoms with Gasteiger partial charge in [-0.2, -0.15) is 0 Å². The molecule has 0 aliphatic heterocycles. The van der Waals surface area contributed by atoms with Crippen LogP contribution in [0, 0.1) is 0 Å². The van der Waals surface area contributed by atoms with Crippen molar-refractivity contribution in [1.82, 2.24) is 4.90 Å². The van der Waals surface area contributed by atoms with Crippen LogP contribution in [0.25, 0.3) is 0 Å². The Morgan fingerprint density at radius 2 is 1.75 bits per heavy atom. The third-order valence-corrected chi connectivity index (χ3v) is 3.96. The number of likely N-dealkylation sites (N-methyl/N-ethyl adjacent to an activating group) is 1. The number of amides is 1. The SMILES string of the molecule is CCN(Cc1ccc(OC)cc1)C(=O)C(CN)c1ccccc1.Cl. The average Bonchev–Trinajstić information content (AvgIpc) is 2.61. The minimum atomic E-state index is -0.297. The van der Waals surface area contributed by atoms with Crippen molar-refractivity contribution in [2.24, 2.45) is 5.73 Å². The molecule has 0 aliphatic rings.